The van der Waals surface area contributed by atoms with E-state index >= 15 is 0 Å². The number of aliphatic carboxylic acids is 1. The number of hydrogen-bond donors (Lipinski definition) is 2. The van der Waals surface area contributed by atoms with Gasteiger partial charge in [-0.25, -0.2) is 0 Å². The monoisotopic (exact) mass is 349 g/mol. The third kappa shape index (κ3) is 7.82. The fourth-order valence-corrected chi connectivity index (χ4v) is 2.38. The molecular weight excluding hydrogens is 322 g/mol. The van der Waals surface area contributed by atoms with Crippen LogP contribution in [-0.4, -0.2) is 73.2 Å². The number of benzene rings is 1. The summed E-state index contributed by atoms with van der Waals surface area (Å²) in [6.45, 7) is 8.12. The molecule has 7 nitrogen and oxygen atoms in total. The zero-order valence-corrected chi connectivity index (χ0v) is 14.9. The second-order valence-electron chi connectivity index (χ2n) is 5.53. The van der Waals surface area contributed by atoms with Gasteiger partial charge in [0.15, 0.2) is 0 Å². The summed E-state index contributed by atoms with van der Waals surface area (Å²) in [5, 5.41) is 11.8. The van der Waals surface area contributed by atoms with Crippen LogP contribution in [0.1, 0.15) is 6.92 Å². The predicted octanol–water partition coefficient (Wildman–Crippen LogP) is 1.53. The molecule has 1 rings (SSSR count). The van der Waals surface area contributed by atoms with E-state index in [4.69, 9.17) is 9.84 Å². The zero-order valence-electron chi connectivity index (χ0n) is 14.9. The van der Waals surface area contributed by atoms with Gasteiger partial charge in [0.1, 0.15) is 5.75 Å². The van der Waals surface area contributed by atoms with Gasteiger partial charge in [0, 0.05) is 19.6 Å². The number of rotatable bonds is 12. The van der Waals surface area contributed by atoms with Gasteiger partial charge in [-0.05, 0) is 18.7 Å². The summed E-state index contributed by atoms with van der Waals surface area (Å²) in [7, 11) is 1.56. The van der Waals surface area contributed by atoms with E-state index < -0.39 is 5.97 Å². The molecule has 0 radical (unpaired) electrons. The Morgan fingerprint density at radius 2 is 1.92 bits per heavy atom. The van der Waals surface area contributed by atoms with Crippen molar-refractivity contribution in [1.82, 2.24) is 9.80 Å². The molecule has 0 aliphatic rings. The molecule has 0 atom stereocenters. The molecule has 0 fully saturated rings. The number of methoxy groups -OCH3 is 1. The minimum atomic E-state index is -0.876. The number of carbonyl (C=O) groups excluding carboxylic acids is 1. The molecule has 0 bridgehead atoms. The van der Waals surface area contributed by atoms with E-state index in [1.54, 1.807) is 30.2 Å². The fourth-order valence-electron chi connectivity index (χ4n) is 2.38. The summed E-state index contributed by atoms with van der Waals surface area (Å²) in [5.74, 6) is -0.406. The molecule has 1 aromatic rings. The van der Waals surface area contributed by atoms with Crippen LogP contribution in [0, 0.1) is 0 Å². The Hall–Kier alpha value is -2.38. The highest BCUT2D eigenvalue weighted by molar-refractivity contribution is 5.93. The van der Waals surface area contributed by atoms with Crippen LogP contribution >= 0.6 is 0 Å². The second-order valence-corrected chi connectivity index (χ2v) is 5.53. The highest BCUT2D eigenvalue weighted by atomic mass is 16.5. The van der Waals surface area contributed by atoms with Gasteiger partial charge in [-0.15, -0.1) is 6.58 Å². The van der Waals surface area contributed by atoms with E-state index in [9.17, 15) is 9.59 Å². The molecule has 25 heavy (non-hydrogen) atoms. The van der Waals surface area contributed by atoms with Crippen LogP contribution in [0.5, 0.6) is 5.75 Å². The first-order chi connectivity index (χ1) is 12.0. The minimum Gasteiger partial charge on any atom is -0.495 e. The summed E-state index contributed by atoms with van der Waals surface area (Å²) in [6, 6.07) is 7.23. The maximum atomic E-state index is 12.3. The lowest BCUT2D eigenvalue weighted by Gasteiger charge is -2.24. The van der Waals surface area contributed by atoms with Crippen LogP contribution in [-0.2, 0) is 9.59 Å². The first-order valence-corrected chi connectivity index (χ1v) is 8.20. The van der Waals surface area contributed by atoms with Crippen molar-refractivity contribution in [2.24, 2.45) is 0 Å². The molecular formula is C18H27N3O4. The number of nitrogens with one attached hydrogen (secondary N) is 1. The average molecular weight is 349 g/mol. The summed E-state index contributed by atoms with van der Waals surface area (Å²) >= 11 is 0. The Labute approximate surface area is 148 Å². The Balaban J connectivity index is 2.55. The van der Waals surface area contributed by atoms with Gasteiger partial charge in [-0.1, -0.05) is 25.1 Å². The lowest BCUT2D eigenvalue weighted by atomic mass is 10.3. The topological polar surface area (TPSA) is 82.1 Å². The van der Waals surface area contributed by atoms with Crippen molar-refractivity contribution in [1.29, 1.82) is 0 Å². The highest BCUT2D eigenvalue weighted by Gasteiger charge is 2.14. The molecule has 1 aromatic carbocycles. The van der Waals surface area contributed by atoms with E-state index in [2.05, 4.69) is 11.9 Å². The predicted molar refractivity (Wildman–Crippen MR) is 98.0 cm³/mol. The van der Waals surface area contributed by atoms with Crippen LogP contribution in [0.25, 0.3) is 0 Å². The number of carbonyl (C=O) groups is 2. The Morgan fingerprint density at radius 3 is 2.52 bits per heavy atom. The smallest absolute Gasteiger partial charge is 0.317 e. The van der Waals surface area contributed by atoms with E-state index in [0.29, 0.717) is 37.6 Å². The third-order valence-electron chi connectivity index (χ3n) is 3.67. The number of nitrogens with zero attached hydrogens (tertiary/aromatic N) is 2. The third-order valence-corrected chi connectivity index (χ3v) is 3.67. The van der Waals surface area contributed by atoms with E-state index in [1.165, 1.54) is 0 Å². The number of anilines is 1. The number of ether oxygens (including phenoxy) is 1. The minimum absolute atomic E-state index is 0.0447. The van der Waals surface area contributed by atoms with Crippen LogP contribution in [0.3, 0.4) is 0 Å². The fraction of sp³-hybridized carbons (Fsp3) is 0.444. The van der Waals surface area contributed by atoms with Crippen molar-refractivity contribution in [2.45, 2.75) is 6.92 Å². The van der Waals surface area contributed by atoms with Gasteiger partial charge in [0.2, 0.25) is 5.91 Å². The maximum absolute atomic E-state index is 12.3. The number of carboxylic acids is 1. The van der Waals surface area contributed by atoms with E-state index in [1.807, 2.05) is 24.0 Å². The van der Waals surface area contributed by atoms with E-state index in [-0.39, 0.29) is 19.0 Å². The molecule has 0 spiro atoms. The Kier molecular flexibility index (Phi) is 9.28. The number of likely N-dealkylation sites (N-methyl/N-ethyl adjacent to an activating group) is 1. The lowest BCUT2D eigenvalue weighted by molar-refractivity contribution is -0.138. The van der Waals surface area contributed by atoms with Crippen LogP contribution < -0.4 is 10.1 Å². The number of carboxylic acid groups (broad SMARTS) is 1. The van der Waals surface area contributed by atoms with Crippen LogP contribution in [0.4, 0.5) is 5.69 Å². The quantitative estimate of drug-likeness (QED) is 0.557. The molecule has 1 amide bonds. The lowest BCUT2D eigenvalue weighted by Crippen LogP contribution is -2.40. The van der Waals surface area contributed by atoms with Crippen molar-refractivity contribution >= 4 is 17.6 Å². The first-order valence-electron chi connectivity index (χ1n) is 8.20. The molecule has 138 valence electrons. The molecule has 0 saturated heterocycles. The summed E-state index contributed by atoms with van der Waals surface area (Å²) in [5.41, 5.74) is 0.630. The molecule has 0 aromatic heterocycles. The Morgan fingerprint density at radius 1 is 1.24 bits per heavy atom. The average Bonchev–Trinajstić information content (AvgIpc) is 2.58. The van der Waals surface area contributed by atoms with Gasteiger partial charge in [0.05, 0.1) is 25.9 Å². The number of hydrogen-bond acceptors (Lipinski definition) is 5. The number of amides is 1. The summed E-state index contributed by atoms with van der Waals surface area (Å²) in [6.07, 6.45) is 1.67. The van der Waals surface area contributed by atoms with Crippen LogP contribution in [0.2, 0.25) is 0 Å². The molecule has 0 unspecified atom stereocenters. The molecule has 0 heterocycles. The first kappa shape index (κ1) is 20.7. The van der Waals surface area contributed by atoms with Gasteiger partial charge < -0.3 is 15.2 Å². The molecule has 0 aliphatic heterocycles. The SMILES string of the molecule is C=CCN(CCN(CC)CC(=O)Nc1ccccc1OC)CC(=O)O. The molecule has 2 N–H and O–H groups in total. The van der Waals surface area contributed by atoms with Crippen molar-refractivity contribution in [3.63, 3.8) is 0 Å². The van der Waals surface area contributed by atoms with Gasteiger partial charge in [-0.3, -0.25) is 19.4 Å². The van der Waals surface area contributed by atoms with Crippen molar-refractivity contribution in [3.8, 4) is 5.75 Å². The standard InChI is InChI=1S/C18H27N3O4/c1-4-10-21(14-18(23)24)12-11-20(5-2)13-17(22)19-15-8-6-7-9-16(15)25-3/h4,6-9H,1,5,10-14H2,2-3H3,(H,19,22)(H,23,24). The maximum Gasteiger partial charge on any atom is 0.317 e. The second kappa shape index (κ2) is 11.2. The normalized spacial score (nSPS) is 10.7. The summed E-state index contributed by atoms with van der Waals surface area (Å²) in [4.78, 5) is 26.9. The van der Waals surface area contributed by atoms with Crippen molar-refractivity contribution < 1.29 is 19.4 Å². The summed E-state index contributed by atoms with van der Waals surface area (Å²) < 4.78 is 5.22. The molecule has 7 heteroatoms. The van der Waals surface area contributed by atoms with Crippen LogP contribution in [0.15, 0.2) is 36.9 Å². The highest BCUT2D eigenvalue weighted by Crippen LogP contribution is 2.22. The largest absolute Gasteiger partial charge is 0.495 e. The van der Waals surface area contributed by atoms with Crippen molar-refractivity contribution in [3.05, 3.63) is 36.9 Å². The molecule has 0 saturated carbocycles. The van der Waals surface area contributed by atoms with Gasteiger partial charge in [-0.2, -0.15) is 0 Å². The number of para-hydroxylation sites is 2. The van der Waals surface area contributed by atoms with Crippen molar-refractivity contribution in [2.75, 3.05) is 51.7 Å². The van der Waals surface area contributed by atoms with E-state index in [0.717, 1.165) is 0 Å². The Bertz CT molecular complexity index is 577. The molecule has 0 aliphatic carbocycles. The zero-order chi connectivity index (χ0) is 18.7. The van der Waals surface area contributed by atoms with Gasteiger partial charge >= 0.3 is 5.97 Å². The van der Waals surface area contributed by atoms with Gasteiger partial charge in [0.25, 0.3) is 0 Å².